The van der Waals surface area contributed by atoms with E-state index in [9.17, 15) is 13.2 Å². The van der Waals surface area contributed by atoms with Gasteiger partial charge in [-0.15, -0.1) is 0 Å². The number of anilines is 1. The van der Waals surface area contributed by atoms with Crippen molar-refractivity contribution in [2.75, 3.05) is 17.8 Å². The molecule has 0 fully saturated rings. The smallest absolute Gasteiger partial charge is 0.336 e. The third-order valence-corrected chi connectivity index (χ3v) is 4.88. The molecule has 6 nitrogen and oxygen atoms in total. The van der Waals surface area contributed by atoms with Crippen molar-refractivity contribution in [1.82, 2.24) is 4.31 Å². The first-order valence-corrected chi connectivity index (χ1v) is 7.79. The van der Waals surface area contributed by atoms with Crippen molar-refractivity contribution in [2.45, 2.75) is 27.7 Å². The molecule has 0 bridgehead atoms. The Hall–Kier alpha value is -1.60. The van der Waals surface area contributed by atoms with Crippen LogP contribution in [0, 0.1) is 13.8 Å². The van der Waals surface area contributed by atoms with E-state index in [4.69, 9.17) is 5.11 Å². The summed E-state index contributed by atoms with van der Waals surface area (Å²) >= 11 is 0. The lowest BCUT2D eigenvalue weighted by atomic mass is 10.0. The molecule has 0 aliphatic rings. The summed E-state index contributed by atoms with van der Waals surface area (Å²) < 4.78 is 27.9. The molecule has 0 unspecified atom stereocenters. The average molecular weight is 300 g/mol. The fraction of sp³-hybridized carbons (Fsp3) is 0.462. The number of hydrogen-bond acceptors (Lipinski definition) is 3. The second kappa shape index (κ2) is 6.23. The van der Waals surface area contributed by atoms with Crippen molar-refractivity contribution in [3.05, 3.63) is 28.8 Å². The van der Waals surface area contributed by atoms with E-state index in [0.29, 0.717) is 18.7 Å². The summed E-state index contributed by atoms with van der Waals surface area (Å²) in [7, 11) is -3.66. The number of aromatic carboxylic acids is 1. The van der Waals surface area contributed by atoms with Gasteiger partial charge in [-0.25, -0.2) is 4.79 Å². The second-order valence-corrected chi connectivity index (χ2v) is 6.13. The summed E-state index contributed by atoms with van der Waals surface area (Å²) in [6.45, 7) is 7.63. The van der Waals surface area contributed by atoms with E-state index in [1.165, 1.54) is 10.4 Å². The Labute approximate surface area is 119 Å². The Kier molecular flexibility index (Phi) is 5.13. The minimum Gasteiger partial charge on any atom is -0.478 e. The molecule has 0 saturated carbocycles. The van der Waals surface area contributed by atoms with Crippen LogP contribution in [-0.2, 0) is 10.2 Å². The third kappa shape index (κ3) is 3.49. The lowest BCUT2D eigenvalue weighted by molar-refractivity contribution is 0.0696. The number of aryl methyl sites for hydroxylation is 1. The molecule has 7 heteroatoms. The molecule has 0 aliphatic carbocycles. The predicted octanol–water partition coefficient (Wildman–Crippen LogP) is 2.00. The van der Waals surface area contributed by atoms with Gasteiger partial charge in [-0.2, -0.15) is 12.7 Å². The largest absolute Gasteiger partial charge is 0.478 e. The monoisotopic (exact) mass is 300 g/mol. The molecule has 0 saturated heterocycles. The van der Waals surface area contributed by atoms with E-state index in [1.807, 2.05) is 0 Å². The Morgan fingerprint density at radius 1 is 1.25 bits per heavy atom. The highest BCUT2D eigenvalue weighted by Crippen LogP contribution is 2.21. The molecule has 1 rings (SSSR count). The number of carboxylic acids is 1. The van der Waals surface area contributed by atoms with Gasteiger partial charge in [0, 0.05) is 13.1 Å². The van der Waals surface area contributed by atoms with E-state index < -0.39 is 16.2 Å². The lowest BCUT2D eigenvalue weighted by Gasteiger charge is -2.20. The summed E-state index contributed by atoms with van der Waals surface area (Å²) in [6.07, 6.45) is 0. The number of hydrogen-bond donors (Lipinski definition) is 2. The Bertz CT molecular complexity index is 607. The number of carboxylic acid groups (broad SMARTS) is 1. The molecule has 0 aliphatic heterocycles. The minimum atomic E-state index is -3.66. The minimum absolute atomic E-state index is 0.0993. The van der Waals surface area contributed by atoms with Crippen LogP contribution in [0.15, 0.2) is 12.1 Å². The number of rotatable bonds is 6. The number of benzene rings is 1. The fourth-order valence-corrected chi connectivity index (χ4v) is 3.14. The van der Waals surface area contributed by atoms with Crippen molar-refractivity contribution < 1.29 is 18.3 Å². The first kappa shape index (κ1) is 16.5. The van der Waals surface area contributed by atoms with Gasteiger partial charge in [-0.05, 0) is 37.1 Å². The van der Waals surface area contributed by atoms with Gasteiger partial charge >= 0.3 is 16.2 Å². The third-order valence-electron chi connectivity index (χ3n) is 3.19. The summed E-state index contributed by atoms with van der Waals surface area (Å²) in [6, 6.07) is 2.97. The van der Waals surface area contributed by atoms with Crippen molar-refractivity contribution in [3.63, 3.8) is 0 Å². The zero-order valence-electron chi connectivity index (χ0n) is 12.1. The van der Waals surface area contributed by atoms with E-state index >= 15 is 0 Å². The number of nitrogens with zero attached hydrogens (tertiary/aromatic N) is 1. The molecule has 1 aromatic carbocycles. The Morgan fingerprint density at radius 3 is 2.25 bits per heavy atom. The van der Waals surface area contributed by atoms with Crippen LogP contribution in [0.2, 0.25) is 0 Å². The van der Waals surface area contributed by atoms with Gasteiger partial charge in [0.1, 0.15) is 0 Å². The summed E-state index contributed by atoms with van der Waals surface area (Å²) in [5, 5.41) is 9.13. The highest BCUT2D eigenvalue weighted by Gasteiger charge is 2.20. The molecule has 20 heavy (non-hydrogen) atoms. The van der Waals surface area contributed by atoms with Gasteiger partial charge < -0.3 is 5.11 Å². The average Bonchev–Trinajstić information content (AvgIpc) is 2.33. The van der Waals surface area contributed by atoms with Gasteiger partial charge in [-0.3, -0.25) is 4.72 Å². The molecule has 0 radical (unpaired) electrons. The maximum Gasteiger partial charge on any atom is 0.336 e. The van der Waals surface area contributed by atoms with Crippen LogP contribution in [0.5, 0.6) is 0 Å². The second-order valence-electron chi connectivity index (χ2n) is 4.46. The molecule has 0 spiro atoms. The summed E-state index contributed by atoms with van der Waals surface area (Å²) in [5.41, 5.74) is 1.71. The van der Waals surface area contributed by atoms with Crippen LogP contribution in [0.1, 0.15) is 35.3 Å². The van der Waals surface area contributed by atoms with E-state index in [0.717, 1.165) is 5.56 Å². The SMILES string of the molecule is CCN(CC)S(=O)(=O)Nc1cc(C)c(C)c(C(=O)O)c1. The van der Waals surface area contributed by atoms with E-state index in [-0.39, 0.29) is 11.3 Å². The topological polar surface area (TPSA) is 86.7 Å². The lowest BCUT2D eigenvalue weighted by Crippen LogP contribution is -2.35. The van der Waals surface area contributed by atoms with E-state index in [1.54, 1.807) is 33.8 Å². The van der Waals surface area contributed by atoms with E-state index in [2.05, 4.69) is 4.72 Å². The van der Waals surface area contributed by atoms with Crippen molar-refractivity contribution >= 4 is 21.9 Å². The van der Waals surface area contributed by atoms with Gasteiger partial charge in [0.2, 0.25) is 0 Å². The summed E-state index contributed by atoms with van der Waals surface area (Å²) in [5.74, 6) is -1.07. The van der Waals surface area contributed by atoms with Gasteiger partial charge in [0.15, 0.2) is 0 Å². The van der Waals surface area contributed by atoms with Crippen LogP contribution < -0.4 is 4.72 Å². The standard InChI is InChI=1S/C13H20N2O4S/c1-5-15(6-2)20(18,19)14-11-7-9(3)10(4)12(8-11)13(16)17/h7-8,14H,5-6H2,1-4H3,(H,16,17). The molecule has 0 heterocycles. The van der Waals surface area contributed by atoms with Crippen molar-refractivity contribution in [2.24, 2.45) is 0 Å². The Balaban J connectivity index is 3.20. The van der Waals surface area contributed by atoms with Crippen molar-refractivity contribution in [3.8, 4) is 0 Å². The molecular formula is C13H20N2O4S. The zero-order valence-corrected chi connectivity index (χ0v) is 12.9. The van der Waals surface area contributed by atoms with Crippen molar-refractivity contribution in [1.29, 1.82) is 0 Å². The highest BCUT2D eigenvalue weighted by atomic mass is 32.2. The number of nitrogens with one attached hydrogen (secondary N) is 1. The molecule has 2 N–H and O–H groups in total. The maximum absolute atomic E-state index is 12.1. The quantitative estimate of drug-likeness (QED) is 0.841. The Morgan fingerprint density at radius 2 is 1.80 bits per heavy atom. The van der Waals surface area contributed by atoms with Crippen LogP contribution in [0.25, 0.3) is 0 Å². The summed E-state index contributed by atoms with van der Waals surface area (Å²) in [4.78, 5) is 11.2. The van der Waals surface area contributed by atoms with Crippen LogP contribution >= 0.6 is 0 Å². The zero-order chi connectivity index (χ0) is 15.5. The normalized spacial score (nSPS) is 11.7. The molecule has 0 amide bonds. The maximum atomic E-state index is 12.1. The van der Waals surface area contributed by atoms with Crippen LogP contribution in [-0.4, -0.2) is 36.9 Å². The van der Waals surface area contributed by atoms with Gasteiger partial charge in [0.25, 0.3) is 0 Å². The molecule has 0 atom stereocenters. The highest BCUT2D eigenvalue weighted by molar-refractivity contribution is 7.90. The predicted molar refractivity (Wildman–Crippen MR) is 78.3 cm³/mol. The first-order valence-electron chi connectivity index (χ1n) is 6.35. The molecule has 112 valence electrons. The first-order chi connectivity index (χ1) is 9.22. The number of carbonyl (C=O) groups is 1. The molecular weight excluding hydrogens is 280 g/mol. The van der Waals surface area contributed by atoms with Crippen LogP contribution in [0.4, 0.5) is 5.69 Å². The van der Waals surface area contributed by atoms with Gasteiger partial charge in [0.05, 0.1) is 11.3 Å². The molecule has 0 aromatic heterocycles. The van der Waals surface area contributed by atoms with Crippen LogP contribution in [0.3, 0.4) is 0 Å². The fourth-order valence-electron chi connectivity index (χ4n) is 1.92. The molecule has 1 aromatic rings. The van der Waals surface area contributed by atoms with Gasteiger partial charge in [-0.1, -0.05) is 13.8 Å².